The van der Waals surface area contributed by atoms with Gasteiger partial charge in [-0.25, -0.2) is 4.79 Å². The fraction of sp³-hybridized carbons (Fsp3) is 0.417. The van der Waals surface area contributed by atoms with Crippen molar-refractivity contribution in [3.63, 3.8) is 0 Å². The van der Waals surface area contributed by atoms with E-state index in [1.54, 1.807) is 0 Å². The number of hydrogen-bond acceptors (Lipinski definition) is 2. The lowest BCUT2D eigenvalue weighted by Gasteiger charge is -2.13. The maximum Gasteiger partial charge on any atom is 0.339 e. The standard InChI is InChI=1S/C12H12O2/c1-11(2)7-12(11)9-6-4-3-5-8(9)10(13)14-12/h3-6H,7H2,1-2H3. The number of carbonyl (C=O) groups excluding carboxylic acids is 1. The third-order valence-corrected chi connectivity index (χ3v) is 3.51. The van der Waals surface area contributed by atoms with Crippen LogP contribution in [0.4, 0.5) is 0 Å². The van der Waals surface area contributed by atoms with Crippen LogP contribution in [0.3, 0.4) is 0 Å². The molecule has 2 heteroatoms. The van der Waals surface area contributed by atoms with Crippen molar-refractivity contribution >= 4 is 5.97 Å². The fourth-order valence-electron chi connectivity index (χ4n) is 2.49. The molecule has 2 nitrogen and oxygen atoms in total. The molecule has 1 aliphatic heterocycles. The van der Waals surface area contributed by atoms with Gasteiger partial charge >= 0.3 is 5.97 Å². The van der Waals surface area contributed by atoms with Crippen molar-refractivity contribution in [3.05, 3.63) is 35.4 Å². The molecule has 0 saturated heterocycles. The normalized spacial score (nSPS) is 31.4. The Hall–Kier alpha value is -1.31. The van der Waals surface area contributed by atoms with E-state index in [1.165, 1.54) is 0 Å². The van der Waals surface area contributed by atoms with Crippen LogP contribution >= 0.6 is 0 Å². The summed E-state index contributed by atoms with van der Waals surface area (Å²) in [6.07, 6.45) is 0.947. The van der Waals surface area contributed by atoms with E-state index in [4.69, 9.17) is 4.74 Å². The minimum absolute atomic E-state index is 0.106. The van der Waals surface area contributed by atoms with E-state index >= 15 is 0 Å². The molecule has 1 fully saturated rings. The number of fused-ring (bicyclic) bond motifs is 2. The first-order valence-electron chi connectivity index (χ1n) is 4.90. The van der Waals surface area contributed by atoms with Crippen LogP contribution in [0, 0.1) is 5.41 Å². The van der Waals surface area contributed by atoms with Crippen molar-refractivity contribution < 1.29 is 9.53 Å². The average molecular weight is 188 g/mol. The number of ether oxygens (including phenoxy) is 1. The van der Waals surface area contributed by atoms with Gasteiger partial charge in [0.15, 0.2) is 0 Å². The minimum Gasteiger partial charge on any atom is -0.450 e. The summed E-state index contributed by atoms with van der Waals surface area (Å²) >= 11 is 0. The highest BCUT2D eigenvalue weighted by atomic mass is 16.6. The van der Waals surface area contributed by atoms with E-state index in [9.17, 15) is 4.79 Å². The maximum atomic E-state index is 11.6. The fourth-order valence-corrected chi connectivity index (χ4v) is 2.49. The summed E-state index contributed by atoms with van der Waals surface area (Å²) in [6.45, 7) is 4.28. The predicted molar refractivity (Wildman–Crippen MR) is 51.9 cm³/mol. The topological polar surface area (TPSA) is 26.3 Å². The highest BCUT2D eigenvalue weighted by Crippen LogP contribution is 2.67. The van der Waals surface area contributed by atoms with Crippen molar-refractivity contribution in [3.8, 4) is 0 Å². The molecule has 0 aromatic heterocycles. The summed E-state index contributed by atoms with van der Waals surface area (Å²) in [5, 5.41) is 0. The molecule has 0 amide bonds. The van der Waals surface area contributed by atoms with Gasteiger partial charge in [0, 0.05) is 17.4 Å². The van der Waals surface area contributed by atoms with E-state index in [-0.39, 0.29) is 17.0 Å². The lowest BCUT2D eigenvalue weighted by atomic mass is 9.97. The Morgan fingerprint density at radius 3 is 2.57 bits per heavy atom. The number of rotatable bonds is 0. The molecule has 1 aromatic carbocycles. The molecule has 3 rings (SSSR count). The van der Waals surface area contributed by atoms with Crippen LogP contribution in [0.25, 0.3) is 0 Å². The SMILES string of the molecule is CC1(C)CC12OC(=O)c1ccccc12. The van der Waals surface area contributed by atoms with Crippen LogP contribution in [0.2, 0.25) is 0 Å². The zero-order chi connectivity index (χ0) is 9.97. The number of hydrogen-bond donors (Lipinski definition) is 0. The van der Waals surface area contributed by atoms with E-state index in [0.717, 1.165) is 17.5 Å². The van der Waals surface area contributed by atoms with Gasteiger partial charge in [-0.05, 0) is 6.07 Å². The summed E-state index contributed by atoms with van der Waals surface area (Å²) in [7, 11) is 0. The zero-order valence-electron chi connectivity index (χ0n) is 8.33. The van der Waals surface area contributed by atoms with Crippen molar-refractivity contribution in [2.45, 2.75) is 25.9 Å². The van der Waals surface area contributed by atoms with Crippen LogP contribution in [0.1, 0.15) is 36.2 Å². The Bertz CT molecular complexity index is 434. The molecular formula is C12H12O2. The van der Waals surface area contributed by atoms with Crippen molar-refractivity contribution in [1.29, 1.82) is 0 Å². The Labute approximate surface area is 82.9 Å². The predicted octanol–water partition coefficient (Wildman–Crippen LogP) is 2.48. The summed E-state index contributed by atoms with van der Waals surface area (Å²) in [5.74, 6) is -0.161. The van der Waals surface area contributed by atoms with Crippen LogP contribution in [0.5, 0.6) is 0 Å². The van der Waals surface area contributed by atoms with Crippen LogP contribution in [-0.4, -0.2) is 5.97 Å². The molecule has 1 atom stereocenters. The number of benzene rings is 1. The summed E-state index contributed by atoms with van der Waals surface area (Å²) in [5.41, 5.74) is 1.63. The van der Waals surface area contributed by atoms with Gasteiger partial charge in [0.2, 0.25) is 0 Å². The van der Waals surface area contributed by atoms with Gasteiger partial charge in [0.1, 0.15) is 5.60 Å². The van der Waals surface area contributed by atoms with Crippen LogP contribution in [0.15, 0.2) is 24.3 Å². The monoisotopic (exact) mass is 188 g/mol. The van der Waals surface area contributed by atoms with Gasteiger partial charge in [-0.1, -0.05) is 32.0 Å². The third-order valence-electron chi connectivity index (χ3n) is 3.51. The Morgan fingerprint density at radius 2 is 1.93 bits per heavy atom. The molecule has 1 unspecified atom stereocenters. The Morgan fingerprint density at radius 1 is 1.29 bits per heavy atom. The van der Waals surface area contributed by atoms with E-state index in [1.807, 2.05) is 24.3 Å². The second-order valence-corrected chi connectivity index (χ2v) is 4.82. The second-order valence-electron chi connectivity index (χ2n) is 4.82. The van der Waals surface area contributed by atoms with Gasteiger partial charge in [-0.3, -0.25) is 0 Å². The largest absolute Gasteiger partial charge is 0.450 e. The maximum absolute atomic E-state index is 11.6. The second kappa shape index (κ2) is 2.02. The van der Waals surface area contributed by atoms with Crippen molar-refractivity contribution in [2.24, 2.45) is 5.41 Å². The first-order valence-corrected chi connectivity index (χ1v) is 4.90. The van der Waals surface area contributed by atoms with Gasteiger partial charge in [0.25, 0.3) is 0 Å². The summed E-state index contributed by atoms with van der Waals surface area (Å²) in [6, 6.07) is 7.71. The van der Waals surface area contributed by atoms with Crippen molar-refractivity contribution in [2.75, 3.05) is 0 Å². The van der Waals surface area contributed by atoms with Gasteiger partial charge in [-0.2, -0.15) is 0 Å². The van der Waals surface area contributed by atoms with Crippen LogP contribution in [-0.2, 0) is 10.3 Å². The quantitative estimate of drug-likeness (QED) is 0.585. The molecular weight excluding hydrogens is 176 g/mol. The molecule has 0 bridgehead atoms. The zero-order valence-corrected chi connectivity index (χ0v) is 8.33. The summed E-state index contributed by atoms with van der Waals surface area (Å²) in [4.78, 5) is 11.6. The molecule has 1 spiro atoms. The molecule has 1 aliphatic carbocycles. The smallest absolute Gasteiger partial charge is 0.339 e. The molecule has 14 heavy (non-hydrogen) atoms. The van der Waals surface area contributed by atoms with Gasteiger partial charge in [-0.15, -0.1) is 0 Å². The third kappa shape index (κ3) is 0.707. The highest BCUT2D eigenvalue weighted by molar-refractivity contribution is 5.95. The lowest BCUT2D eigenvalue weighted by Crippen LogP contribution is -2.13. The molecule has 2 aliphatic rings. The first-order chi connectivity index (χ1) is 6.57. The Balaban J connectivity index is 2.22. The average Bonchev–Trinajstić information content (AvgIpc) is 2.55. The lowest BCUT2D eigenvalue weighted by molar-refractivity contribution is 0.0209. The van der Waals surface area contributed by atoms with E-state index < -0.39 is 0 Å². The molecule has 1 heterocycles. The highest BCUT2D eigenvalue weighted by Gasteiger charge is 2.69. The van der Waals surface area contributed by atoms with Gasteiger partial charge < -0.3 is 4.74 Å². The molecule has 72 valence electrons. The number of carbonyl (C=O) groups is 1. The first kappa shape index (κ1) is 8.04. The molecule has 0 N–H and O–H groups in total. The minimum atomic E-state index is -0.305. The Kier molecular flexibility index (Phi) is 1.16. The van der Waals surface area contributed by atoms with Gasteiger partial charge in [0.05, 0.1) is 5.56 Å². The summed E-state index contributed by atoms with van der Waals surface area (Å²) < 4.78 is 5.51. The van der Waals surface area contributed by atoms with Crippen LogP contribution < -0.4 is 0 Å². The molecule has 1 aromatic rings. The molecule has 1 saturated carbocycles. The van der Waals surface area contributed by atoms with E-state index in [2.05, 4.69) is 13.8 Å². The number of esters is 1. The van der Waals surface area contributed by atoms with Crippen molar-refractivity contribution in [1.82, 2.24) is 0 Å². The van der Waals surface area contributed by atoms with E-state index in [0.29, 0.717) is 0 Å². The molecule has 0 radical (unpaired) electrons.